The number of hydrogen-bond donors (Lipinski definition) is 5. The number of ether oxygens (including phenoxy) is 1. The summed E-state index contributed by atoms with van der Waals surface area (Å²) in [6.07, 6.45) is -0.121. The number of aliphatic hydroxyl groups excluding tert-OH is 3. The monoisotopic (exact) mass is 436 g/mol. The number of nitrogens with zero attached hydrogens (tertiary/aromatic N) is 6. The lowest BCUT2D eigenvalue weighted by molar-refractivity contribution is -0.0501. The zero-order chi connectivity index (χ0) is 22.2. The number of para-hydroxylation sites is 1. The summed E-state index contributed by atoms with van der Waals surface area (Å²) in [6.45, 7) is -0.464. The van der Waals surface area contributed by atoms with E-state index in [4.69, 9.17) is 10.5 Å². The van der Waals surface area contributed by atoms with E-state index in [1.54, 1.807) is 12.4 Å². The molecule has 0 amide bonds. The minimum absolute atomic E-state index is 0.132. The Hall–Kier alpha value is -3.71. The third-order valence-electron chi connectivity index (χ3n) is 5.33. The normalized spacial score (nSPS) is 23.5. The zero-order valence-electron chi connectivity index (χ0n) is 16.6. The maximum atomic E-state index is 10.5. The predicted octanol–water partition coefficient (Wildman–Crippen LogP) is 0.0142. The second-order valence-electron chi connectivity index (χ2n) is 7.25. The summed E-state index contributed by atoms with van der Waals surface area (Å²) in [4.78, 5) is 16.9. The molecular weight excluding hydrogens is 416 g/mol. The fourth-order valence-electron chi connectivity index (χ4n) is 3.73. The van der Waals surface area contributed by atoms with Gasteiger partial charge in [0, 0.05) is 17.1 Å². The van der Waals surface area contributed by atoms with Crippen molar-refractivity contribution < 1.29 is 20.1 Å². The molecule has 12 heteroatoms. The summed E-state index contributed by atoms with van der Waals surface area (Å²) >= 11 is 0. The first-order valence-electron chi connectivity index (χ1n) is 9.82. The topological polar surface area (TPSA) is 177 Å². The first-order chi connectivity index (χ1) is 15.6. The number of anilines is 2. The van der Waals surface area contributed by atoms with Crippen LogP contribution in [-0.4, -0.2) is 71.0 Å². The maximum Gasteiger partial charge on any atom is 0.228 e. The lowest BCUT2D eigenvalue weighted by Crippen LogP contribution is -2.33. The van der Waals surface area contributed by atoms with Crippen molar-refractivity contribution in [1.82, 2.24) is 24.5 Å². The van der Waals surface area contributed by atoms with E-state index in [1.807, 2.05) is 30.3 Å². The van der Waals surface area contributed by atoms with Crippen molar-refractivity contribution >= 4 is 40.0 Å². The van der Waals surface area contributed by atoms with Crippen LogP contribution < -0.4 is 11.2 Å². The highest BCUT2D eigenvalue weighted by molar-refractivity contribution is 5.98. The summed E-state index contributed by atoms with van der Waals surface area (Å²) in [6, 6.07) is 9.49. The number of nitrogens with one attached hydrogen (secondary N) is 1. The molecule has 1 aromatic carbocycles. The van der Waals surface area contributed by atoms with Crippen molar-refractivity contribution in [3.05, 3.63) is 48.4 Å². The Morgan fingerprint density at radius 3 is 2.81 bits per heavy atom. The van der Waals surface area contributed by atoms with E-state index < -0.39 is 31.1 Å². The zero-order valence-corrected chi connectivity index (χ0v) is 16.6. The van der Waals surface area contributed by atoms with Gasteiger partial charge in [0.15, 0.2) is 23.2 Å². The highest BCUT2D eigenvalue weighted by Gasteiger charge is 2.45. The molecule has 1 aliphatic rings. The molecule has 0 bridgehead atoms. The van der Waals surface area contributed by atoms with Crippen LogP contribution in [0.15, 0.2) is 48.0 Å². The van der Waals surface area contributed by atoms with Crippen molar-refractivity contribution in [2.24, 2.45) is 5.10 Å². The third-order valence-corrected chi connectivity index (χ3v) is 5.33. The number of imidazole rings is 1. The van der Waals surface area contributed by atoms with E-state index in [0.717, 1.165) is 16.5 Å². The average molecular weight is 436 g/mol. The SMILES string of the molecule is Nc1ncnc2c1nc(NN=Cc1ccnc3ccccc13)n2[C@H]1O[C@@H](CO)[C@H](O)[C@@H]1O. The first kappa shape index (κ1) is 20.2. The van der Waals surface area contributed by atoms with Crippen LogP contribution >= 0.6 is 0 Å². The molecule has 4 atom stereocenters. The number of nitrogen functional groups attached to an aromatic ring is 1. The van der Waals surface area contributed by atoms with Crippen molar-refractivity contribution in [3.8, 4) is 0 Å². The average Bonchev–Trinajstić information content (AvgIpc) is 3.31. The standard InChI is InChI=1S/C20H20N8O4/c21-17-14-18(24-9-23-17)28(19-16(31)15(30)13(8-29)32-19)20(26-14)27-25-7-10-5-6-22-12-4-2-1-3-11(10)12/h1-7,9,13,15-16,19,29-31H,8H2,(H,26,27)(H2,21,23,24)/t13-,15-,16-,19-/m0/s1. The second-order valence-corrected chi connectivity index (χ2v) is 7.25. The third kappa shape index (κ3) is 3.31. The summed E-state index contributed by atoms with van der Waals surface area (Å²) < 4.78 is 7.09. The van der Waals surface area contributed by atoms with Crippen molar-refractivity contribution in [2.45, 2.75) is 24.5 Å². The van der Waals surface area contributed by atoms with Crippen LogP contribution in [0.1, 0.15) is 11.8 Å². The Bertz CT molecular complexity index is 1300. The van der Waals surface area contributed by atoms with Gasteiger partial charge in [0.05, 0.1) is 18.3 Å². The van der Waals surface area contributed by atoms with Crippen LogP contribution in [0.25, 0.3) is 22.1 Å². The molecule has 5 rings (SSSR count). The molecule has 0 aliphatic carbocycles. The number of benzene rings is 1. The van der Waals surface area contributed by atoms with Crippen LogP contribution in [0.5, 0.6) is 0 Å². The summed E-state index contributed by atoms with van der Waals surface area (Å²) in [5, 5.41) is 35.4. The summed E-state index contributed by atoms with van der Waals surface area (Å²) in [7, 11) is 0. The molecule has 0 saturated carbocycles. The van der Waals surface area contributed by atoms with Gasteiger partial charge in [-0.3, -0.25) is 9.55 Å². The minimum Gasteiger partial charge on any atom is -0.394 e. The quantitative estimate of drug-likeness (QED) is 0.212. The molecule has 1 fully saturated rings. The Kier molecular flexibility index (Phi) is 5.11. The summed E-state index contributed by atoms with van der Waals surface area (Å²) in [5.74, 6) is 0.296. The van der Waals surface area contributed by atoms with Crippen molar-refractivity contribution in [2.75, 3.05) is 17.8 Å². The molecule has 164 valence electrons. The van der Waals surface area contributed by atoms with Crippen molar-refractivity contribution in [3.63, 3.8) is 0 Å². The fraction of sp³-hybridized carbons (Fsp3) is 0.250. The van der Waals surface area contributed by atoms with Gasteiger partial charge in [-0.1, -0.05) is 18.2 Å². The van der Waals surface area contributed by atoms with Gasteiger partial charge in [0.25, 0.3) is 0 Å². The van der Waals surface area contributed by atoms with Crippen LogP contribution in [0.4, 0.5) is 11.8 Å². The Morgan fingerprint density at radius 2 is 2.00 bits per heavy atom. The number of hydrogen-bond acceptors (Lipinski definition) is 11. The Labute approximate surface area is 181 Å². The highest BCUT2D eigenvalue weighted by atomic mass is 16.6. The van der Waals surface area contributed by atoms with E-state index in [2.05, 4.69) is 30.5 Å². The molecule has 0 spiro atoms. The number of aliphatic hydroxyl groups is 3. The van der Waals surface area contributed by atoms with E-state index in [1.165, 1.54) is 10.9 Å². The number of hydrazone groups is 1. The van der Waals surface area contributed by atoms with Gasteiger partial charge in [-0.05, 0) is 12.1 Å². The van der Waals surface area contributed by atoms with E-state index >= 15 is 0 Å². The van der Waals surface area contributed by atoms with E-state index in [0.29, 0.717) is 0 Å². The molecule has 0 unspecified atom stereocenters. The molecule has 4 aromatic rings. The summed E-state index contributed by atoms with van der Waals surface area (Å²) in [5.41, 5.74) is 11.0. The van der Waals surface area contributed by atoms with Crippen LogP contribution in [0, 0.1) is 0 Å². The number of nitrogens with two attached hydrogens (primary N) is 1. The number of rotatable bonds is 5. The lowest BCUT2D eigenvalue weighted by atomic mass is 10.1. The molecule has 32 heavy (non-hydrogen) atoms. The Balaban J connectivity index is 1.53. The van der Waals surface area contributed by atoms with Crippen LogP contribution in [0.2, 0.25) is 0 Å². The number of aromatic nitrogens is 5. The molecule has 0 radical (unpaired) electrons. The number of fused-ring (bicyclic) bond motifs is 2. The smallest absolute Gasteiger partial charge is 0.228 e. The molecule has 1 aliphatic heterocycles. The van der Waals surface area contributed by atoms with E-state index in [9.17, 15) is 15.3 Å². The highest BCUT2D eigenvalue weighted by Crippen LogP contribution is 2.35. The maximum absolute atomic E-state index is 10.5. The first-order valence-corrected chi connectivity index (χ1v) is 9.82. The minimum atomic E-state index is -1.34. The molecule has 6 N–H and O–H groups in total. The number of pyridine rings is 1. The van der Waals surface area contributed by atoms with Gasteiger partial charge in [-0.15, -0.1) is 0 Å². The largest absolute Gasteiger partial charge is 0.394 e. The molecule has 3 aromatic heterocycles. The molecular formula is C20H20N8O4. The predicted molar refractivity (Wildman–Crippen MR) is 116 cm³/mol. The fourth-order valence-corrected chi connectivity index (χ4v) is 3.73. The Morgan fingerprint density at radius 1 is 1.16 bits per heavy atom. The van der Waals surface area contributed by atoms with Crippen molar-refractivity contribution in [1.29, 1.82) is 0 Å². The van der Waals surface area contributed by atoms with Gasteiger partial charge in [0.2, 0.25) is 5.95 Å². The van der Waals surface area contributed by atoms with Gasteiger partial charge in [-0.25, -0.2) is 20.4 Å². The van der Waals surface area contributed by atoms with Gasteiger partial charge in [-0.2, -0.15) is 5.10 Å². The molecule has 4 heterocycles. The van der Waals surface area contributed by atoms with Gasteiger partial charge in [0.1, 0.15) is 24.6 Å². The van der Waals surface area contributed by atoms with Gasteiger partial charge < -0.3 is 25.8 Å². The molecule has 1 saturated heterocycles. The lowest BCUT2D eigenvalue weighted by Gasteiger charge is -2.18. The molecule has 12 nitrogen and oxygen atoms in total. The van der Waals surface area contributed by atoms with Gasteiger partial charge >= 0.3 is 0 Å². The van der Waals surface area contributed by atoms with Crippen LogP contribution in [-0.2, 0) is 4.74 Å². The second kappa shape index (κ2) is 8.09. The van der Waals surface area contributed by atoms with E-state index in [-0.39, 0.29) is 22.9 Å². The van der Waals surface area contributed by atoms with Crippen LogP contribution in [0.3, 0.4) is 0 Å².